The summed E-state index contributed by atoms with van der Waals surface area (Å²) < 4.78 is 5.46. The number of likely N-dealkylation sites (N-methyl/N-ethyl adjacent to an activating group) is 1. The molecule has 2 heterocycles. The molecule has 5 heteroatoms. The van der Waals surface area contributed by atoms with E-state index in [1.54, 1.807) is 11.9 Å². The van der Waals surface area contributed by atoms with Gasteiger partial charge in [0.2, 0.25) is 5.91 Å². The summed E-state index contributed by atoms with van der Waals surface area (Å²) in [6, 6.07) is 3.79. The molecule has 0 aromatic carbocycles. The van der Waals surface area contributed by atoms with Crippen molar-refractivity contribution in [2.75, 3.05) is 26.7 Å². The van der Waals surface area contributed by atoms with Crippen LogP contribution in [0.2, 0.25) is 0 Å². The zero-order valence-electron chi connectivity index (χ0n) is 11.6. The highest BCUT2D eigenvalue weighted by Gasteiger charge is 2.21. The standard InChI is InChI=1S/C14H22N2O3/c1-11-5-6-13(19-11)9-15(2)14(18)10-16-7-3-4-12(17)8-16/h5-6,12,17H,3-4,7-10H2,1-2H3/t12-/m0/s1. The van der Waals surface area contributed by atoms with Gasteiger partial charge in [0, 0.05) is 13.6 Å². The molecule has 1 atom stereocenters. The zero-order chi connectivity index (χ0) is 13.8. The molecule has 0 bridgehead atoms. The van der Waals surface area contributed by atoms with Crippen LogP contribution in [-0.4, -0.2) is 53.6 Å². The molecule has 1 aliphatic heterocycles. The Morgan fingerprint density at radius 2 is 2.37 bits per heavy atom. The molecule has 1 fully saturated rings. The van der Waals surface area contributed by atoms with Crippen molar-refractivity contribution in [3.63, 3.8) is 0 Å². The third-order valence-corrected chi connectivity index (χ3v) is 3.45. The number of hydrogen-bond donors (Lipinski definition) is 1. The number of likely N-dealkylation sites (tertiary alicyclic amines) is 1. The predicted octanol–water partition coefficient (Wildman–Crippen LogP) is 1.00. The third-order valence-electron chi connectivity index (χ3n) is 3.45. The predicted molar refractivity (Wildman–Crippen MR) is 71.6 cm³/mol. The average molecular weight is 266 g/mol. The van der Waals surface area contributed by atoms with Gasteiger partial charge in [-0.2, -0.15) is 0 Å². The second-order valence-corrected chi connectivity index (χ2v) is 5.29. The van der Waals surface area contributed by atoms with Crippen molar-refractivity contribution >= 4 is 5.91 Å². The molecule has 1 amide bonds. The minimum atomic E-state index is -0.292. The van der Waals surface area contributed by atoms with Crippen LogP contribution in [-0.2, 0) is 11.3 Å². The monoisotopic (exact) mass is 266 g/mol. The fraction of sp³-hybridized carbons (Fsp3) is 0.643. The summed E-state index contributed by atoms with van der Waals surface area (Å²) in [6.45, 7) is 4.23. The summed E-state index contributed by atoms with van der Waals surface area (Å²) in [4.78, 5) is 15.8. The first-order valence-corrected chi connectivity index (χ1v) is 6.74. The molecule has 0 aliphatic carbocycles. The van der Waals surface area contributed by atoms with E-state index in [1.165, 1.54) is 0 Å². The molecule has 1 N–H and O–H groups in total. The van der Waals surface area contributed by atoms with Crippen molar-refractivity contribution in [1.29, 1.82) is 0 Å². The summed E-state index contributed by atoms with van der Waals surface area (Å²) >= 11 is 0. The minimum absolute atomic E-state index is 0.0585. The van der Waals surface area contributed by atoms with Crippen molar-refractivity contribution < 1.29 is 14.3 Å². The Bertz CT molecular complexity index is 430. The smallest absolute Gasteiger partial charge is 0.236 e. The first-order valence-electron chi connectivity index (χ1n) is 6.74. The van der Waals surface area contributed by atoms with E-state index in [0.29, 0.717) is 19.6 Å². The van der Waals surface area contributed by atoms with Crippen LogP contribution >= 0.6 is 0 Å². The highest BCUT2D eigenvalue weighted by atomic mass is 16.3. The largest absolute Gasteiger partial charge is 0.464 e. The Hall–Kier alpha value is -1.33. The molecule has 5 nitrogen and oxygen atoms in total. The Morgan fingerprint density at radius 3 is 3.00 bits per heavy atom. The van der Waals surface area contributed by atoms with Crippen LogP contribution < -0.4 is 0 Å². The van der Waals surface area contributed by atoms with Gasteiger partial charge in [0.05, 0.1) is 19.2 Å². The maximum atomic E-state index is 12.1. The normalized spacial score (nSPS) is 20.5. The highest BCUT2D eigenvalue weighted by Crippen LogP contribution is 2.11. The van der Waals surface area contributed by atoms with E-state index in [-0.39, 0.29) is 12.0 Å². The molecule has 1 saturated heterocycles. The van der Waals surface area contributed by atoms with E-state index >= 15 is 0 Å². The van der Waals surface area contributed by atoms with E-state index in [9.17, 15) is 9.90 Å². The molecular formula is C14H22N2O3. The van der Waals surface area contributed by atoms with Gasteiger partial charge in [-0.15, -0.1) is 0 Å². The molecule has 19 heavy (non-hydrogen) atoms. The number of piperidine rings is 1. The Labute approximate surface area is 113 Å². The van der Waals surface area contributed by atoms with Gasteiger partial charge in [-0.25, -0.2) is 0 Å². The number of β-amino-alcohol motifs (C(OH)–C–C–N with tert-alkyl or cyclic N) is 1. The fourth-order valence-electron chi connectivity index (χ4n) is 2.38. The zero-order valence-corrected chi connectivity index (χ0v) is 11.6. The molecule has 1 aliphatic rings. The first-order chi connectivity index (χ1) is 9.04. The molecule has 106 valence electrons. The topological polar surface area (TPSA) is 56.9 Å². The first kappa shape index (κ1) is 14.1. The van der Waals surface area contributed by atoms with E-state index in [1.807, 2.05) is 24.0 Å². The molecule has 0 unspecified atom stereocenters. The summed E-state index contributed by atoms with van der Waals surface area (Å²) in [5.41, 5.74) is 0. The van der Waals surface area contributed by atoms with Crippen LogP contribution in [0.3, 0.4) is 0 Å². The number of nitrogens with zero attached hydrogens (tertiary/aromatic N) is 2. The summed E-state index contributed by atoms with van der Waals surface area (Å²) in [7, 11) is 1.78. The maximum absolute atomic E-state index is 12.1. The lowest BCUT2D eigenvalue weighted by Gasteiger charge is -2.30. The molecule has 2 rings (SSSR count). The van der Waals surface area contributed by atoms with Gasteiger partial charge in [0.1, 0.15) is 11.5 Å². The average Bonchev–Trinajstić information content (AvgIpc) is 2.74. The number of amides is 1. The quantitative estimate of drug-likeness (QED) is 0.883. The van der Waals surface area contributed by atoms with E-state index in [4.69, 9.17) is 4.42 Å². The second kappa shape index (κ2) is 6.21. The number of carbonyl (C=O) groups excluding carboxylic acids is 1. The number of carbonyl (C=O) groups is 1. The highest BCUT2D eigenvalue weighted by molar-refractivity contribution is 5.77. The van der Waals surface area contributed by atoms with E-state index in [0.717, 1.165) is 30.9 Å². The SMILES string of the molecule is Cc1ccc(CN(C)C(=O)CN2CCC[C@H](O)C2)o1. The molecule has 0 radical (unpaired) electrons. The molecule has 1 aromatic heterocycles. The van der Waals surface area contributed by atoms with Crippen molar-refractivity contribution in [3.8, 4) is 0 Å². The van der Waals surface area contributed by atoms with Crippen molar-refractivity contribution in [2.45, 2.75) is 32.4 Å². The number of aliphatic hydroxyl groups excluding tert-OH is 1. The summed E-state index contributed by atoms with van der Waals surface area (Å²) in [5, 5.41) is 9.59. The summed E-state index contributed by atoms with van der Waals surface area (Å²) in [5.74, 6) is 1.71. The third kappa shape index (κ3) is 4.08. The lowest BCUT2D eigenvalue weighted by atomic mass is 10.1. The number of rotatable bonds is 4. The second-order valence-electron chi connectivity index (χ2n) is 5.29. The van der Waals surface area contributed by atoms with E-state index < -0.39 is 0 Å². The Balaban J connectivity index is 1.81. The lowest BCUT2D eigenvalue weighted by Crippen LogP contribution is -2.44. The number of furan rings is 1. The van der Waals surface area contributed by atoms with Crippen molar-refractivity contribution in [3.05, 3.63) is 23.7 Å². The Kier molecular flexibility index (Phi) is 4.61. The molecule has 0 spiro atoms. The number of aryl methyl sites for hydroxylation is 1. The number of aliphatic hydroxyl groups is 1. The van der Waals surface area contributed by atoms with Crippen LogP contribution in [0, 0.1) is 6.92 Å². The fourth-order valence-corrected chi connectivity index (χ4v) is 2.38. The van der Waals surface area contributed by atoms with Crippen LogP contribution in [0.5, 0.6) is 0 Å². The maximum Gasteiger partial charge on any atom is 0.236 e. The number of hydrogen-bond acceptors (Lipinski definition) is 4. The van der Waals surface area contributed by atoms with Gasteiger partial charge in [0.25, 0.3) is 0 Å². The van der Waals surface area contributed by atoms with E-state index in [2.05, 4.69) is 0 Å². The van der Waals surface area contributed by atoms with Crippen molar-refractivity contribution in [2.24, 2.45) is 0 Å². The van der Waals surface area contributed by atoms with Crippen LogP contribution in [0.1, 0.15) is 24.4 Å². The molecule has 1 aromatic rings. The van der Waals surface area contributed by atoms with Crippen LogP contribution in [0.15, 0.2) is 16.5 Å². The minimum Gasteiger partial charge on any atom is -0.464 e. The van der Waals surface area contributed by atoms with Gasteiger partial charge in [-0.05, 0) is 38.4 Å². The van der Waals surface area contributed by atoms with Gasteiger partial charge < -0.3 is 14.4 Å². The van der Waals surface area contributed by atoms with Crippen molar-refractivity contribution in [1.82, 2.24) is 9.80 Å². The molecular weight excluding hydrogens is 244 g/mol. The molecule has 0 saturated carbocycles. The lowest BCUT2D eigenvalue weighted by molar-refractivity contribution is -0.132. The van der Waals surface area contributed by atoms with Gasteiger partial charge >= 0.3 is 0 Å². The van der Waals surface area contributed by atoms with Gasteiger partial charge in [-0.3, -0.25) is 9.69 Å². The van der Waals surface area contributed by atoms with Crippen LogP contribution in [0.4, 0.5) is 0 Å². The van der Waals surface area contributed by atoms with Gasteiger partial charge in [0.15, 0.2) is 0 Å². The van der Waals surface area contributed by atoms with Gasteiger partial charge in [-0.1, -0.05) is 0 Å². The van der Waals surface area contributed by atoms with Crippen LogP contribution in [0.25, 0.3) is 0 Å². The summed E-state index contributed by atoms with van der Waals surface area (Å²) in [6.07, 6.45) is 1.50. The Morgan fingerprint density at radius 1 is 1.58 bits per heavy atom.